The van der Waals surface area contributed by atoms with Crippen molar-refractivity contribution in [3.8, 4) is 0 Å². The lowest BCUT2D eigenvalue weighted by atomic mass is 9.67. The van der Waals surface area contributed by atoms with E-state index in [-0.39, 0.29) is 17.3 Å². The lowest BCUT2D eigenvalue weighted by molar-refractivity contribution is -0.145. The van der Waals surface area contributed by atoms with Gasteiger partial charge in [0.2, 0.25) is 23.5 Å². The molecule has 0 radical (unpaired) electrons. The Morgan fingerprint density at radius 1 is 0.955 bits per heavy atom. The van der Waals surface area contributed by atoms with E-state index >= 15 is 0 Å². The summed E-state index contributed by atoms with van der Waals surface area (Å²) in [7, 11) is 0. The Morgan fingerprint density at radius 2 is 1.57 bits per heavy atom. The maximum absolute atomic E-state index is 14.6. The number of carbonyl (C=O) groups is 6. The molecule has 0 aromatic heterocycles. The predicted molar refractivity (Wildman–Crippen MR) is 166 cm³/mol. The molecule has 3 rings (SSSR count). The van der Waals surface area contributed by atoms with E-state index in [2.05, 4.69) is 21.1 Å². The molecule has 3 aliphatic rings. The highest BCUT2D eigenvalue weighted by Crippen LogP contribution is 2.50. The number of amides is 4. The van der Waals surface area contributed by atoms with E-state index in [1.165, 1.54) is 6.92 Å². The van der Waals surface area contributed by atoms with Crippen LogP contribution in [0.1, 0.15) is 119 Å². The fourth-order valence-electron chi connectivity index (χ4n) is 7.74. The number of hydrogen-bond donors (Lipinski definition) is 4. The summed E-state index contributed by atoms with van der Waals surface area (Å²) in [6, 6.07) is -3.86. The van der Waals surface area contributed by atoms with Gasteiger partial charge in [0, 0.05) is 13.5 Å². The summed E-state index contributed by atoms with van der Waals surface area (Å²) in [4.78, 5) is 80.8. The van der Waals surface area contributed by atoms with Crippen molar-refractivity contribution < 1.29 is 33.9 Å². The summed E-state index contributed by atoms with van der Waals surface area (Å²) in [5, 5.41) is 12.3. The predicted octanol–water partition coefficient (Wildman–Crippen LogP) is 3.97. The summed E-state index contributed by atoms with van der Waals surface area (Å²) in [5.41, 5.74) is -1.04. The average molecular weight is 621 g/mol. The zero-order valence-corrected chi connectivity index (χ0v) is 27.5. The molecule has 0 aromatic carbocycles. The van der Waals surface area contributed by atoms with Crippen molar-refractivity contribution >= 4 is 35.4 Å². The van der Waals surface area contributed by atoms with Crippen LogP contribution in [0.5, 0.6) is 0 Å². The van der Waals surface area contributed by atoms with Gasteiger partial charge < -0.3 is 26.0 Å². The Balaban J connectivity index is 1.96. The van der Waals surface area contributed by atoms with Crippen LogP contribution in [0.15, 0.2) is 0 Å². The summed E-state index contributed by atoms with van der Waals surface area (Å²) in [5.74, 6) is -3.07. The Hall–Kier alpha value is -2.98. The number of hydrogen-bond acceptors (Lipinski definition) is 7. The van der Waals surface area contributed by atoms with Crippen molar-refractivity contribution in [2.24, 2.45) is 22.7 Å². The first kappa shape index (κ1) is 33.9. The zero-order valence-electron chi connectivity index (χ0n) is 28.5. The Labute approximate surface area is 263 Å². The summed E-state index contributed by atoms with van der Waals surface area (Å²) in [6.07, 6.45) is 8.92. The lowest BCUT2D eigenvalue weighted by Gasteiger charge is -2.38. The Kier molecular flexibility index (Phi) is 11.5. The average Bonchev–Trinajstić information content (AvgIpc) is 3.28. The molecule has 4 amide bonds. The van der Waals surface area contributed by atoms with Gasteiger partial charge in [-0.05, 0) is 54.8 Å². The van der Waals surface area contributed by atoms with Crippen LogP contribution >= 0.6 is 0 Å². The summed E-state index contributed by atoms with van der Waals surface area (Å²) in [6.45, 7) is 10.9. The van der Waals surface area contributed by atoms with E-state index in [1.807, 2.05) is 34.6 Å². The van der Waals surface area contributed by atoms with E-state index in [9.17, 15) is 28.8 Å². The molecule has 44 heavy (non-hydrogen) atoms. The fraction of sp³-hybridized carbons (Fsp3) is 0.818. The highest BCUT2D eigenvalue weighted by molar-refractivity contribution is 6.38. The van der Waals surface area contributed by atoms with Gasteiger partial charge in [-0.1, -0.05) is 79.6 Å². The van der Waals surface area contributed by atoms with Gasteiger partial charge in [-0.2, -0.15) is 0 Å². The first-order chi connectivity index (χ1) is 21.2. The van der Waals surface area contributed by atoms with E-state index in [4.69, 9.17) is 1.43 Å². The highest BCUT2D eigenvalue weighted by atomic mass is 16.4. The van der Waals surface area contributed by atoms with Crippen molar-refractivity contribution in [1.29, 1.82) is 1.43 Å². The molecule has 248 valence electrons. The SMILES string of the molecule is [3H]OC(=O)N[C@H](C(=O)N[C@H](C(=O)N1CC2(CCCCC2)C(C)[C@H]1C(=O)N[C@@H](CCC)C(=O)C(C)=O)C(C)(C)C)C1CCCCC1. The molecule has 11 nitrogen and oxygen atoms in total. The first-order valence-corrected chi connectivity index (χ1v) is 16.6. The van der Waals surface area contributed by atoms with Gasteiger partial charge in [-0.15, -0.1) is 0 Å². The molecule has 2 aliphatic carbocycles. The monoisotopic (exact) mass is 620 g/mol. The van der Waals surface area contributed by atoms with Crippen LogP contribution in [-0.2, 0) is 24.0 Å². The van der Waals surface area contributed by atoms with Gasteiger partial charge in [0.25, 0.3) is 1.43 Å². The Morgan fingerprint density at radius 3 is 2.11 bits per heavy atom. The fourth-order valence-corrected chi connectivity index (χ4v) is 7.74. The molecule has 1 aliphatic heterocycles. The van der Waals surface area contributed by atoms with E-state index in [0.717, 1.165) is 64.2 Å². The molecule has 1 saturated heterocycles. The molecule has 11 heteroatoms. The van der Waals surface area contributed by atoms with Crippen molar-refractivity contribution in [2.75, 3.05) is 6.54 Å². The topological polar surface area (TPSA) is 162 Å². The first-order valence-electron chi connectivity index (χ1n) is 17.0. The molecule has 4 N–H and O–H groups in total. The smallest absolute Gasteiger partial charge is 0.405 e. The number of likely N-dealkylation sites (tertiary alicyclic amines) is 1. The molecule has 5 atom stereocenters. The van der Waals surface area contributed by atoms with Crippen LogP contribution in [0.3, 0.4) is 0 Å². The quantitative estimate of drug-likeness (QED) is 0.254. The van der Waals surface area contributed by atoms with Crippen LogP contribution in [0, 0.1) is 22.7 Å². The summed E-state index contributed by atoms with van der Waals surface area (Å²) >= 11 is 0. The second-order valence-electron chi connectivity index (χ2n) is 14.5. The minimum atomic E-state index is -1.04. The summed E-state index contributed by atoms with van der Waals surface area (Å²) < 4.78 is 7.00. The number of nitrogens with one attached hydrogen (secondary N) is 3. The molecule has 0 aromatic rings. The normalized spacial score (nSPS) is 24.4. The number of carbonyl (C=O) groups excluding carboxylic acids is 5. The Bertz CT molecular complexity index is 1110. The zero-order chi connectivity index (χ0) is 33.5. The van der Waals surface area contributed by atoms with Gasteiger partial charge in [0.15, 0.2) is 5.78 Å². The molecule has 2 saturated carbocycles. The van der Waals surface area contributed by atoms with Crippen LogP contribution in [0.2, 0.25) is 0 Å². The second-order valence-corrected chi connectivity index (χ2v) is 14.5. The van der Waals surface area contributed by atoms with Gasteiger partial charge in [-0.3, -0.25) is 24.0 Å². The largest absolute Gasteiger partial charge is 0.465 e. The molecular formula is C33H54N4O7. The molecule has 1 unspecified atom stereocenters. The molecule has 3 fully saturated rings. The third-order valence-electron chi connectivity index (χ3n) is 10.3. The lowest BCUT2D eigenvalue weighted by Crippen LogP contribution is -2.62. The number of Topliss-reactive ketones (excluding diaryl/α,β-unsaturated/α-hetero) is 2. The number of rotatable bonds is 11. The van der Waals surface area contributed by atoms with Crippen LogP contribution in [-0.4, -0.2) is 76.1 Å². The van der Waals surface area contributed by atoms with Crippen molar-refractivity contribution in [3.63, 3.8) is 0 Å². The van der Waals surface area contributed by atoms with Gasteiger partial charge in [-0.25, -0.2) is 4.79 Å². The van der Waals surface area contributed by atoms with Crippen LogP contribution in [0.4, 0.5) is 4.79 Å². The van der Waals surface area contributed by atoms with Crippen molar-refractivity contribution in [3.05, 3.63) is 0 Å². The minimum Gasteiger partial charge on any atom is -0.465 e. The van der Waals surface area contributed by atoms with E-state index < -0.39 is 65.0 Å². The second kappa shape index (κ2) is 14.9. The third-order valence-corrected chi connectivity index (χ3v) is 10.3. The standard InChI is InChI=1S/C33H54N4O7/c1-7-14-23(26(39)21(3)38)34-29(41)25-20(2)33(17-12-9-13-18-33)19-37(25)30(42)27(32(4,5)6)36-28(40)24(35-31(43)44)22-15-10-8-11-16-22/h20,22-25,27,35H,7-19H2,1-6H3,(H,34,41)(H,36,40)(H,43,44)/t20?,23-,24-,25-,27+/m0/s1/i/hT. The van der Waals surface area contributed by atoms with E-state index in [0.29, 0.717) is 19.4 Å². The number of carboxylic acid groups (broad SMARTS) is 1. The maximum Gasteiger partial charge on any atom is 0.405 e. The van der Waals surface area contributed by atoms with E-state index in [1.54, 1.807) is 4.90 Å². The third kappa shape index (κ3) is 8.18. The molecular weight excluding hydrogens is 564 g/mol. The number of nitrogens with zero attached hydrogens (tertiary/aromatic N) is 1. The minimum absolute atomic E-state index is 0.168. The van der Waals surface area contributed by atoms with Crippen molar-refractivity contribution in [2.45, 2.75) is 143 Å². The maximum atomic E-state index is 14.6. The van der Waals surface area contributed by atoms with Crippen molar-refractivity contribution in [1.82, 2.24) is 20.9 Å². The molecule has 0 bridgehead atoms. The van der Waals surface area contributed by atoms with Gasteiger partial charge in [0.1, 0.15) is 18.1 Å². The molecule has 1 spiro atoms. The molecule has 1 heterocycles. The van der Waals surface area contributed by atoms with Crippen LogP contribution < -0.4 is 16.0 Å². The number of ketones is 2. The van der Waals surface area contributed by atoms with Crippen LogP contribution in [0.25, 0.3) is 1.43 Å². The van der Waals surface area contributed by atoms with Gasteiger partial charge in [0.05, 0.1) is 6.04 Å². The van der Waals surface area contributed by atoms with Gasteiger partial charge >= 0.3 is 6.09 Å². The highest BCUT2D eigenvalue weighted by Gasteiger charge is 2.56.